The Hall–Kier alpha value is -2.35. The average molecular weight is 367 g/mol. The number of likely N-dealkylation sites (N-methyl/N-ethyl adjacent to an activating group) is 1. The number of nitrogens with one attached hydrogen (secondary N) is 2. The van der Waals surface area contributed by atoms with Gasteiger partial charge in [0.25, 0.3) is 0 Å². The number of anilines is 2. The van der Waals surface area contributed by atoms with Crippen LogP contribution in [-0.2, 0) is 16.0 Å². The second-order valence-electron chi connectivity index (χ2n) is 7.20. The lowest BCUT2D eigenvalue weighted by molar-refractivity contribution is -0.117. The van der Waals surface area contributed by atoms with E-state index in [0.29, 0.717) is 23.5 Å². The molecule has 8 heteroatoms. The van der Waals surface area contributed by atoms with Crippen molar-refractivity contribution >= 4 is 23.4 Å². The standard InChI is InChI=1S/C18H26FN3O4/c1-5-22-15(24)7-11-6-12(8-14(19)16(11)22)20-9-13(23)10-21-17(25)26-18(2,3)4/h6,8,13,20,23H,5,7,9-10H2,1-4H3,(H,21,25)/t13-/m0/s1. The Morgan fingerprint density at radius 3 is 2.69 bits per heavy atom. The van der Waals surface area contributed by atoms with E-state index in [9.17, 15) is 19.1 Å². The molecule has 0 unspecified atom stereocenters. The fourth-order valence-electron chi connectivity index (χ4n) is 2.74. The summed E-state index contributed by atoms with van der Waals surface area (Å²) in [6.45, 7) is 7.57. The number of aliphatic hydroxyl groups excluding tert-OH is 1. The number of ether oxygens (including phenoxy) is 1. The van der Waals surface area contributed by atoms with Crippen molar-refractivity contribution in [1.29, 1.82) is 0 Å². The minimum absolute atomic E-state index is 0.00255. The molecule has 26 heavy (non-hydrogen) atoms. The van der Waals surface area contributed by atoms with E-state index in [0.717, 1.165) is 0 Å². The largest absolute Gasteiger partial charge is 0.444 e. The fourth-order valence-corrected chi connectivity index (χ4v) is 2.74. The first-order valence-corrected chi connectivity index (χ1v) is 8.62. The van der Waals surface area contributed by atoms with Crippen LogP contribution in [0.5, 0.6) is 0 Å². The van der Waals surface area contributed by atoms with Crippen molar-refractivity contribution < 1.29 is 23.8 Å². The van der Waals surface area contributed by atoms with Gasteiger partial charge in [0.2, 0.25) is 5.91 Å². The minimum Gasteiger partial charge on any atom is -0.444 e. The summed E-state index contributed by atoms with van der Waals surface area (Å²) in [7, 11) is 0. The van der Waals surface area contributed by atoms with Gasteiger partial charge in [-0.25, -0.2) is 9.18 Å². The first-order valence-electron chi connectivity index (χ1n) is 8.62. The van der Waals surface area contributed by atoms with Gasteiger partial charge in [-0.3, -0.25) is 4.79 Å². The summed E-state index contributed by atoms with van der Waals surface area (Å²) in [5.74, 6) is -0.598. The average Bonchev–Trinajstić information content (AvgIpc) is 2.85. The van der Waals surface area contributed by atoms with Gasteiger partial charge in [0.15, 0.2) is 0 Å². The Labute approximate surface area is 152 Å². The molecule has 1 heterocycles. The van der Waals surface area contributed by atoms with Crippen LogP contribution in [0.3, 0.4) is 0 Å². The zero-order valence-corrected chi connectivity index (χ0v) is 15.6. The number of carbonyl (C=O) groups excluding carboxylic acids is 2. The molecule has 0 saturated heterocycles. The summed E-state index contributed by atoms with van der Waals surface area (Å²) in [6.07, 6.45) is -1.33. The molecule has 3 N–H and O–H groups in total. The molecule has 7 nitrogen and oxygen atoms in total. The number of carbonyl (C=O) groups is 2. The van der Waals surface area contributed by atoms with Crippen molar-refractivity contribution in [2.45, 2.75) is 45.8 Å². The van der Waals surface area contributed by atoms with Crippen molar-refractivity contribution in [3.05, 3.63) is 23.5 Å². The molecule has 0 bridgehead atoms. The Bertz CT molecular complexity index is 688. The normalized spacial score (nSPS) is 14.8. The van der Waals surface area contributed by atoms with Crippen LogP contribution in [0, 0.1) is 5.82 Å². The second-order valence-corrected chi connectivity index (χ2v) is 7.20. The van der Waals surface area contributed by atoms with E-state index in [-0.39, 0.29) is 25.4 Å². The van der Waals surface area contributed by atoms with E-state index >= 15 is 0 Å². The first-order chi connectivity index (χ1) is 12.1. The highest BCUT2D eigenvalue weighted by Gasteiger charge is 2.29. The minimum atomic E-state index is -0.882. The summed E-state index contributed by atoms with van der Waals surface area (Å²) in [6, 6.07) is 3.01. The van der Waals surface area contributed by atoms with Crippen LogP contribution in [0.15, 0.2) is 12.1 Å². The van der Waals surface area contributed by atoms with Gasteiger partial charge in [-0.15, -0.1) is 0 Å². The molecule has 0 spiro atoms. The van der Waals surface area contributed by atoms with Crippen molar-refractivity contribution in [2.75, 3.05) is 29.9 Å². The maximum absolute atomic E-state index is 14.3. The Balaban J connectivity index is 1.88. The van der Waals surface area contributed by atoms with Crippen molar-refractivity contribution in [3.8, 4) is 0 Å². The number of aliphatic hydroxyl groups is 1. The van der Waals surface area contributed by atoms with Crippen LogP contribution in [0.25, 0.3) is 0 Å². The third-order valence-corrected chi connectivity index (χ3v) is 3.79. The SMILES string of the molecule is CCN1C(=O)Cc2cc(NC[C@H](O)CNC(=O)OC(C)(C)C)cc(F)c21. The van der Waals surface area contributed by atoms with E-state index in [1.165, 1.54) is 11.0 Å². The number of halogens is 1. The maximum atomic E-state index is 14.3. The lowest BCUT2D eigenvalue weighted by atomic mass is 10.1. The van der Waals surface area contributed by atoms with Crippen LogP contribution < -0.4 is 15.5 Å². The second kappa shape index (κ2) is 7.90. The van der Waals surface area contributed by atoms with Gasteiger partial charge < -0.3 is 25.4 Å². The van der Waals surface area contributed by atoms with Gasteiger partial charge in [0.05, 0.1) is 18.2 Å². The summed E-state index contributed by atoms with van der Waals surface area (Å²) in [5.41, 5.74) is 0.818. The van der Waals surface area contributed by atoms with Crippen molar-refractivity contribution in [3.63, 3.8) is 0 Å². The van der Waals surface area contributed by atoms with E-state index in [2.05, 4.69) is 10.6 Å². The molecule has 2 amide bonds. The molecule has 1 atom stereocenters. The summed E-state index contributed by atoms with van der Waals surface area (Å²) >= 11 is 0. The van der Waals surface area contributed by atoms with Crippen LogP contribution in [0.2, 0.25) is 0 Å². The van der Waals surface area contributed by atoms with E-state index in [1.54, 1.807) is 33.8 Å². The molecular weight excluding hydrogens is 341 g/mol. The van der Waals surface area contributed by atoms with Crippen LogP contribution in [-0.4, -0.2) is 48.4 Å². The van der Waals surface area contributed by atoms with E-state index < -0.39 is 23.6 Å². The number of nitrogens with zero attached hydrogens (tertiary/aromatic N) is 1. The highest BCUT2D eigenvalue weighted by Crippen LogP contribution is 2.34. The van der Waals surface area contributed by atoms with Crippen LogP contribution >= 0.6 is 0 Å². The van der Waals surface area contributed by atoms with Gasteiger partial charge in [0.1, 0.15) is 11.4 Å². The molecule has 0 fully saturated rings. The molecule has 0 radical (unpaired) electrons. The highest BCUT2D eigenvalue weighted by molar-refractivity contribution is 6.01. The summed E-state index contributed by atoms with van der Waals surface area (Å²) < 4.78 is 19.4. The number of amides is 2. The molecule has 1 aromatic rings. The lowest BCUT2D eigenvalue weighted by Gasteiger charge is -2.21. The van der Waals surface area contributed by atoms with Crippen molar-refractivity contribution in [2.24, 2.45) is 0 Å². The van der Waals surface area contributed by atoms with Crippen LogP contribution in [0.1, 0.15) is 33.3 Å². The molecule has 2 rings (SSSR count). The predicted octanol–water partition coefficient (Wildman–Crippen LogP) is 2.03. The lowest BCUT2D eigenvalue weighted by Crippen LogP contribution is -2.39. The molecule has 144 valence electrons. The zero-order valence-electron chi connectivity index (χ0n) is 15.6. The third kappa shape index (κ3) is 5.08. The summed E-state index contributed by atoms with van der Waals surface area (Å²) in [5, 5.41) is 15.3. The Morgan fingerprint density at radius 1 is 1.38 bits per heavy atom. The maximum Gasteiger partial charge on any atom is 0.407 e. The van der Waals surface area contributed by atoms with Crippen molar-refractivity contribution in [1.82, 2.24) is 5.32 Å². The van der Waals surface area contributed by atoms with Crippen LogP contribution in [0.4, 0.5) is 20.6 Å². The highest BCUT2D eigenvalue weighted by atomic mass is 19.1. The van der Waals surface area contributed by atoms with E-state index in [1.807, 2.05) is 0 Å². The zero-order chi connectivity index (χ0) is 19.5. The topological polar surface area (TPSA) is 90.9 Å². The Kier molecular flexibility index (Phi) is 6.07. The van der Waals surface area contributed by atoms with Gasteiger partial charge in [-0.2, -0.15) is 0 Å². The van der Waals surface area contributed by atoms with Gasteiger partial charge in [-0.1, -0.05) is 0 Å². The molecular formula is C18H26FN3O4. The number of hydrogen-bond acceptors (Lipinski definition) is 5. The molecule has 0 saturated carbocycles. The first kappa shape index (κ1) is 20.0. The number of alkyl carbamates (subject to hydrolysis) is 1. The smallest absolute Gasteiger partial charge is 0.407 e. The molecule has 1 aliphatic heterocycles. The quantitative estimate of drug-likeness (QED) is 0.716. The number of hydrogen-bond donors (Lipinski definition) is 3. The van der Waals surface area contributed by atoms with Gasteiger partial charge in [0, 0.05) is 25.3 Å². The number of fused-ring (bicyclic) bond motifs is 1. The van der Waals surface area contributed by atoms with Gasteiger partial charge in [-0.05, 0) is 45.4 Å². The fraction of sp³-hybridized carbons (Fsp3) is 0.556. The molecule has 1 aromatic carbocycles. The van der Waals surface area contributed by atoms with E-state index in [4.69, 9.17) is 4.74 Å². The monoisotopic (exact) mass is 367 g/mol. The molecule has 0 aliphatic carbocycles. The molecule has 1 aliphatic rings. The predicted molar refractivity (Wildman–Crippen MR) is 96.9 cm³/mol. The third-order valence-electron chi connectivity index (χ3n) is 3.79. The summed E-state index contributed by atoms with van der Waals surface area (Å²) in [4.78, 5) is 24.9. The molecule has 0 aromatic heterocycles. The Morgan fingerprint density at radius 2 is 2.08 bits per heavy atom. The van der Waals surface area contributed by atoms with Gasteiger partial charge >= 0.3 is 6.09 Å². The number of benzene rings is 1. The number of rotatable bonds is 6.